The summed E-state index contributed by atoms with van der Waals surface area (Å²) < 4.78 is 0. The maximum atomic E-state index is 4.34. The van der Waals surface area contributed by atoms with Gasteiger partial charge in [-0.1, -0.05) is 30.3 Å². The van der Waals surface area contributed by atoms with Crippen LogP contribution >= 0.6 is 0 Å². The molecule has 1 N–H and O–H groups in total. The quantitative estimate of drug-likeness (QED) is 0.932. The first kappa shape index (κ1) is 14.2. The van der Waals surface area contributed by atoms with Crippen LogP contribution in [0, 0.1) is 5.92 Å². The SMILES string of the molecule is CNC1CCC(c2ccccc2)CC1Cc1nnn(C)n1. The maximum Gasteiger partial charge on any atom is 0.175 e. The average Bonchev–Trinajstić information content (AvgIpc) is 2.93. The Hall–Kier alpha value is -1.75. The van der Waals surface area contributed by atoms with E-state index < -0.39 is 0 Å². The minimum atomic E-state index is 0.550. The Bertz CT molecular complexity index is 565. The van der Waals surface area contributed by atoms with Crippen LogP contribution in [-0.2, 0) is 13.5 Å². The van der Waals surface area contributed by atoms with Crippen molar-refractivity contribution in [2.75, 3.05) is 7.05 Å². The number of tetrazole rings is 1. The molecule has 0 radical (unpaired) electrons. The fourth-order valence-electron chi connectivity index (χ4n) is 3.54. The minimum absolute atomic E-state index is 0.550. The molecule has 1 aromatic heterocycles. The van der Waals surface area contributed by atoms with E-state index in [0.717, 1.165) is 12.2 Å². The fourth-order valence-corrected chi connectivity index (χ4v) is 3.54. The Labute approximate surface area is 125 Å². The van der Waals surface area contributed by atoms with Crippen molar-refractivity contribution in [1.29, 1.82) is 0 Å². The number of benzene rings is 1. The third-order valence-electron chi connectivity index (χ3n) is 4.62. The Balaban J connectivity index is 1.72. The molecule has 1 aliphatic carbocycles. The Morgan fingerprint density at radius 3 is 2.71 bits per heavy atom. The second kappa shape index (κ2) is 6.35. The van der Waals surface area contributed by atoms with E-state index in [1.807, 2.05) is 7.05 Å². The van der Waals surface area contributed by atoms with E-state index in [0.29, 0.717) is 17.9 Å². The molecule has 0 aliphatic heterocycles. The van der Waals surface area contributed by atoms with Gasteiger partial charge in [0.05, 0.1) is 7.05 Å². The van der Waals surface area contributed by atoms with Crippen molar-refractivity contribution < 1.29 is 0 Å². The van der Waals surface area contributed by atoms with E-state index in [1.54, 1.807) is 4.80 Å². The molecule has 3 atom stereocenters. The molecule has 3 rings (SSSR count). The van der Waals surface area contributed by atoms with Gasteiger partial charge in [-0.05, 0) is 48.9 Å². The Morgan fingerprint density at radius 2 is 2.05 bits per heavy atom. The van der Waals surface area contributed by atoms with Crippen molar-refractivity contribution >= 4 is 0 Å². The van der Waals surface area contributed by atoms with Crippen LogP contribution in [0.25, 0.3) is 0 Å². The molecule has 1 fully saturated rings. The van der Waals surface area contributed by atoms with Gasteiger partial charge in [-0.15, -0.1) is 10.2 Å². The van der Waals surface area contributed by atoms with Gasteiger partial charge in [0, 0.05) is 12.5 Å². The van der Waals surface area contributed by atoms with E-state index in [1.165, 1.54) is 24.8 Å². The van der Waals surface area contributed by atoms with Crippen LogP contribution in [0.15, 0.2) is 30.3 Å². The third-order valence-corrected chi connectivity index (χ3v) is 4.62. The monoisotopic (exact) mass is 285 g/mol. The highest BCUT2D eigenvalue weighted by Gasteiger charge is 2.31. The molecule has 0 amide bonds. The van der Waals surface area contributed by atoms with Crippen LogP contribution in [-0.4, -0.2) is 33.3 Å². The standard InChI is InChI=1S/C16H23N5/c1-17-15-9-8-13(12-6-4-3-5-7-12)10-14(15)11-16-18-20-21(2)19-16/h3-7,13-15,17H,8-11H2,1-2H3. The summed E-state index contributed by atoms with van der Waals surface area (Å²) in [7, 11) is 3.88. The zero-order chi connectivity index (χ0) is 14.7. The van der Waals surface area contributed by atoms with Gasteiger partial charge in [-0.3, -0.25) is 0 Å². The maximum absolute atomic E-state index is 4.34. The second-order valence-corrected chi connectivity index (χ2v) is 5.98. The molecule has 1 aliphatic rings. The summed E-state index contributed by atoms with van der Waals surface area (Å²) in [4.78, 5) is 1.54. The van der Waals surface area contributed by atoms with Gasteiger partial charge in [-0.2, -0.15) is 4.80 Å². The first-order chi connectivity index (χ1) is 10.3. The van der Waals surface area contributed by atoms with E-state index >= 15 is 0 Å². The van der Waals surface area contributed by atoms with Gasteiger partial charge in [-0.25, -0.2) is 0 Å². The molecule has 0 spiro atoms. The molecular weight excluding hydrogens is 262 g/mol. The number of nitrogens with one attached hydrogen (secondary N) is 1. The Kier molecular flexibility index (Phi) is 4.29. The number of hydrogen-bond acceptors (Lipinski definition) is 4. The van der Waals surface area contributed by atoms with Crippen LogP contribution in [0.1, 0.15) is 36.6 Å². The summed E-state index contributed by atoms with van der Waals surface area (Å²) in [5.74, 6) is 2.08. The van der Waals surface area contributed by atoms with Gasteiger partial charge >= 0.3 is 0 Å². The van der Waals surface area contributed by atoms with Gasteiger partial charge in [0.25, 0.3) is 0 Å². The minimum Gasteiger partial charge on any atom is -0.317 e. The van der Waals surface area contributed by atoms with Crippen molar-refractivity contribution in [1.82, 2.24) is 25.5 Å². The summed E-state index contributed by atoms with van der Waals surface area (Å²) in [5, 5.41) is 15.9. The summed E-state index contributed by atoms with van der Waals surface area (Å²) >= 11 is 0. The molecule has 3 unspecified atom stereocenters. The summed E-state index contributed by atoms with van der Waals surface area (Å²) in [6, 6.07) is 11.4. The summed E-state index contributed by atoms with van der Waals surface area (Å²) in [6.07, 6.45) is 4.55. The molecule has 2 aromatic rings. The van der Waals surface area contributed by atoms with E-state index in [4.69, 9.17) is 0 Å². The van der Waals surface area contributed by atoms with E-state index in [-0.39, 0.29) is 0 Å². The Morgan fingerprint density at radius 1 is 1.24 bits per heavy atom. The van der Waals surface area contributed by atoms with E-state index in [9.17, 15) is 0 Å². The smallest absolute Gasteiger partial charge is 0.175 e. The molecule has 1 heterocycles. The summed E-state index contributed by atoms with van der Waals surface area (Å²) in [5.41, 5.74) is 1.46. The van der Waals surface area contributed by atoms with Crippen LogP contribution in [0.2, 0.25) is 0 Å². The zero-order valence-corrected chi connectivity index (χ0v) is 12.7. The van der Waals surface area contributed by atoms with Crippen LogP contribution < -0.4 is 5.32 Å². The highest BCUT2D eigenvalue weighted by Crippen LogP contribution is 2.37. The molecule has 1 saturated carbocycles. The first-order valence-electron chi connectivity index (χ1n) is 7.71. The van der Waals surface area contributed by atoms with Crippen LogP contribution in [0.3, 0.4) is 0 Å². The predicted octanol–water partition coefficient (Wildman–Crippen LogP) is 1.92. The van der Waals surface area contributed by atoms with Gasteiger partial charge < -0.3 is 5.32 Å². The van der Waals surface area contributed by atoms with Crippen molar-refractivity contribution in [3.63, 3.8) is 0 Å². The third kappa shape index (κ3) is 3.29. The number of aromatic nitrogens is 4. The number of hydrogen-bond donors (Lipinski definition) is 1. The molecule has 0 bridgehead atoms. The lowest BCUT2D eigenvalue weighted by Crippen LogP contribution is -2.39. The van der Waals surface area contributed by atoms with Gasteiger partial charge in [0.15, 0.2) is 5.82 Å². The normalized spacial score (nSPS) is 25.9. The van der Waals surface area contributed by atoms with Crippen LogP contribution in [0.5, 0.6) is 0 Å². The van der Waals surface area contributed by atoms with Crippen molar-refractivity contribution in [2.24, 2.45) is 13.0 Å². The van der Waals surface area contributed by atoms with Gasteiger partial charge in [0.1, 0.15) is 0 Å². The molecule has 21 heavy (non-hydrogen) atoms. The van der Waals surface area contributed by atoms with Crippen LogP contribution in [0.4, 0.5) is 0 Å². The lowest BCUT2D eigenvalue weighted by molar-refractivity contribution is 0.245. The van der Waals surface area contributed by atoms with Crippen molar-refractivity contribution in [2.45, 2.75) is 37.6 Å². The molecule has 5 heteroatoms. The topological polar surface area (TPSA) is 55.6 Å². The fraction of sp³-hybridized carbons (Fsp3) is 0.562. The number of rotatable bonds is 4. The predicted molar refractivity (Wildman–Crippen MR) is 81.9 cm³/mol. The lowest BCUT2D eigenvalue weighted by Gasteiger charge is -2.36. The first-order valence-corrected chi connectivity index (χ1v) is 7.71. The molecule has 5 nitrogen and oxygen atoms in total. The van der Waals surface area contributed by atoms with Crippen molar-refractivity contribution in [3.05, 3.63) is 41.7 Å². The van der Waals surface area contributed by atoms with Gasteiger partial charge in [0.2, 0.25) is 0 Å². The van der Waals surface area contributed by atoms with E-state index in [2.05, 4.69) is 58.1 Å². The summed E-state index contributed by atoms with van der Waals surface area (Å²) in [6.45, 7) is 0. The highest BCUT2D eigenvalue weighted by molar-refractivity contribution is 5.20. The average molecular weight is 285 g/mol. The molecule has 112 valence electrons. The van der Waals surface area contributed by atoms with Crippen molar-refractivity contribution in [3.8, 4) is 0 Å². The molecule has 1 aromatic carbocycles. The second-order valence-electron chi connectivity index (χ2n) is 5.98. The number of nitrogens with zero attached hydrogens (tertiary/aromatic N) is 4. The number of aryl methyl sites for hydroxylation is 1. The largest absolute Gasteiger partial charge is 0.317 e. The molecule has 0 saturated heterocycles. The lowest BCUT2D eigenvalue weighted by atomic mass is 9.74. The molecular formula is C16H23N5. The zero-order valence-electron chi connectivity index (χ0n) is 12.7. The highest BCUT2D eigenvalue weighted by atomic mass is 15.6.